The van der Waals surface area contributed by atoms with E-state index >= 15 is 0 Å². The van der Waals surface area contributed by atoms with Crippen molar-refractivity contribution in [1.29, 1.82) is 0 Å². The number of piperidine rings is 1. The highest BCUT2D eigenvalue weighted by Gasteiger charge is 2.39. The van der Waals surface area contributed by atoms with Crippen LogP contribution in [0.5, 0.6) is 5.75 Å². The van der Waals surface area contributed by atoms with E-state index in [1.807, 2.05) is 42.5 Å². The van der Waals surface area contributed by atoms with Gasteiger partial charge >= 0.3 is 0 Å². The SMILES string of the molecule is CC(=O)N1CCC2c3cc(NS(=O)(=O)c4ccc5ccccc5c4)ccc3OC2C1. The normalized spacial score (nSPS) is 20.4. The van der Waals surface area contributed by atoms with E-state index < -0.39 is 10.0 Å². The monoisotopic (exact) mass is 422 g/mol. The summed E-state index contributed by atoms with van der Waals surface area (Å²) in [6.07, 6.45) is 0.725. The highest BCUT2D eigenvalue weighted by molar-refractivity contribution is 7.92. The Hall–Kier alpha value is -3.06. The minimum atomic E-state index is -3.72. The van der Waals surface area contributed by atoms with Crippen LogP contribution in [0.1, 0.15) is 24.8 Å². The molecule has 3 aromatic carbocycles. The molecule has 2 heterocycles. The Kier molecular flexibility index (Phi) is 4.43. The van der Waals surface area contributed by atoms with E-state index in [4.69, 9.17) is 4.74 Å². The molecule has 0 aromatic heterocycles. The van der Waals surface area contributed by atoms with Gasteiger partial charge in [0, 0.05) is 30.6 Å². The zero-order valence-corrected chi connectivity index (χ0v) is 17.4. The van der Waals surface area contributed by atoms with Crippen LogP contribution < -0.4 is 9.46 Å². The van der Waals surface area contributed by atoms with Gasteiger partial charge in [0.25, 0.3) is 10.0 Å². The van der Waals surface area contributed by atoms with E-state index in [9.17, 15) is 13.2 Å². The molecular formula is C23H22N2O4S. The molecule has 5 rings (SSSR count). The largest absolute Gasteiger partial charge is 0.488 e. The van der Waals surface area contributed by atoms with Gasteiger partial charge in [0.2, 0.25) is 5.91 Å². The number of hydrogen-bond donors (Lipinski definition) is 1. The third kappa shape index (κ3) is 3.29. The summed E-state index contributed by atoms with van der Waals surface area (Å²) in [6, 6.07) is 18.2. The standard InChI is InChI=1S/C23H22N2O4S/c1-15(26)25-11-10-20-21-13-18(7-9-22(21)29-23(20)14-25)24-30(27,28)19-8-6-16-4-2-3-5-17(16)12-19/h2-9,12-13,20,23-24H,10-11,14H2,1H3. The van der Waals surface area contributed by atoms with Gasteiger partial charge in [-0.05, 0) is 47.5 Å². The molecule has 0 saturated carbocycles. The van der Waals surface area contributed by atoms with Crippen LogP contribution >= 0.6 is 0 Å². The number of fused-ring (bicyclic) bond motifs is 4. The maximum atomic E-state index is 13.0. The first kappa shape index (κ1) is 18.9. The molecule has 0 aliphatic carbocycles. The highest BCUT2D eigenvalue weighted by atomic mass is 32.2. The van der Waals surface area contributed by atoms with Gasteiger partial charge in [-0.15, -0.1) is 0 Å². The summed E-state index contributed by atoms with van der Waals surface area (Å²) in [6.45, 7) is 2.82. The minimum Gasteiger partial charge on any atom is -0.488 e. The number of benzene rings is 3. The second-order valence-corrected chi connectivity index (χ2v) is 9.57. The lowest BCUT2D eigenvalue weighted by Gasteiger charge is -2.33. The maximum absolute atomic E-state index is 13.0. The fourth-order valence-corrected chi connectivity index (χ4v) is 5.48. The van der Waals surface area contributed by atoms with Gasteiger partial charge in [0.05, 0.1) is 11.4 Å². The molecule has 1 fully saturated rings. The van der Waals surface area contributed by atoms with Crippen LogP contribution in [-0.4, -0.2) is 38.4 Å². The first-order valence-electron chi connectivity index (χ1n) is 9.98. The number of nitrogens with zero attached hydrogens (tertiary/aromatic N) is 1. The molecule has 3 aromatic rings. The number of carbonyl (C=O) groups excluding carboxylic acids is 1. The van der Waals surface area contributed by atoms with E-state index in [-0.39, 0.29) is 22.8 Å². The molecule has 7 heteroatoms. The van der Waals surface area contributed by atoms with Gasteiger partial charge in [0.1, 0.15) is 11.9 Å². The fraction of sp³-hybridized carbons (Fsp3) is 0.261. The summed E-state index contributed by atoms with van der Waals surface area (Å²) in [4.78, 5) is 13.7. The number of nitrogens with one attached hydrogen (secondary N) is 1. The summed E-state index contributed by atoms with van der Waals surface area (Å²) in [5.41, 5.74) is 1.52. The van der Waals surface area contributed by atoms with E-state index in [2.05, 4.69) is 4.72 Å². The second-order valence-electron chi connectivity index (χ2n) is 7.88. The van der Waals surface area contributed by atoms with Crippen LogP contribution in [0.4, 0.5) is 5.69 Å². The van der Waals surface area contributed by atoms with Gasteiger partial charge in [-0.1, -0.05) is 30.3 Å². The Morgan fingerprint density at radius 3 is 2.67 bits per heavy atom. The van der Waals surface area contributed by atoms with E-state index in [0.29, 0.717) is 18.8 Å². The lowest BCUT2D eigenvalue weighted by atomic mass is 9.88. The second kappa shape index (κ2) is 7.02. The Bertz CT molecular complexity index is 1260. The van der Waals surface area contributed by atoms with Gasteiger partial charge < -0.3 is 9.64 Å². The lowest BCUT2D eigenvalue weighted by Crippen LogP contribution is -2.45. The van der Waals surface area contributed by atoms with Crippen molar-refractivity contribution in [3.05, 3.63) is 66.2 Å². The minimum absolute atomic E-state index is 0.0526. The predicted molar refractivity (Wildman–Crippen MR) is 115 cm³/mol. The van der Waals surface area contributed by atoms with Crippen LogP contribution in [0.3, 0.4) is 0 Å². The van der Waals surface area contributed by atoms with Crippen LogP contribution in [0.25, 0.3) is 10.8 Å². The quantitative estimate of drug-likeness (QED) is 0.698. The molecule has 154 valence electrons. The number of rotatable bonds is 3. The van der Waals surface area contributed by atoms with E-state index in [1.165, 1.54) is 0 Å². The molecule has 2 aliphatic rings. The average molecular weight is 423 g/mol. The van der Waals surface area contributed by atoms with Crippen molar-refractivity contribution in [3.63, 3.8) is 0 Å². The predicted octanol–water partition coefficient (Wildman–Crippen LogP) is 3.74. The molecular weight excluding hydrogens is 400 g/mol. The molecule has 6 nitrogen and oxygen atoms in total. The maximum Gasteiger partial charge on any atom is 0.261 e. The summed E-state index contributed by atoms with van der Waals surface area (Å²) < 4.78 is 34.7. The Labute approximate surface area is 175 Å². The van der Waals surface area contributed by atoms with Crippen LogP contribution in [0.15, 0.2) is 65.6 Å². The van der Waals surface area contributed by atoms with E-state index in [0.717, 1.165) is 28.5 Å². The number of hydrogen-bond acceptors (Lipinski definition) is 4. The van der Waals surface area contributed by atoms with Crippen LogP contribution in [0.2, 0.25) is 0 Å². The number of sulfonamides is 1. The first-order valence-corrected chi connectivity index (χ1v) is 11.5. The van der Waals surface area contributed by atoms with E-state index in [1.54, 1.807) is 30.0 Å². The van der Waals surface area contributed by atoms with Crippen LogP contribution in [-0.2, 0) is 14.8 Å². The van der Waals surface area contributed by atoms with Crippen LogP contribution in [0, 0.1) is 0 Å². The number of anilines is 1. The number of likely N-dealkylation sites (tertiary alicyclic amines) is 1. The molecule has 0 spiro atoms. The number of carbonyl (C=O) groups is 1. The molecule has 0 radical (unpaired) electrons. The van der Waals surface area contributed by atoms with Crippen molar-refractivity contribution < 1.29 is 17.9 Å². The molecule has 0 bridgehead atoms. The molecule has 2 atom stereocenters. The molecule has 1 amide bonds. The lowest BCUT2D eigenvalue weighted by molar-refractivity contribution is -0.131. The smallest absolute Gasteiger partial charge is 0.261 e. The first-order chi connectivity index (χ1) is 14.4. The van der Waals surface area contributed by atoms with Gasteiger partial charge in [-0.3, -0.25) is 9.52 Å². The average Bonchev–Trinajstić information content (AvgIpc) is 3.10. The Morgan fingerprint density at radius 2 is 1.87 bits per heavy atom. The zero-order valence-electron chi connectivity index (χ0n) is 16.5. The van der Waals surface area contributed by atoms with Crippen molar-refractivity contribution in [1.82, 2.24) is 4.90 Å². The van der Waals surface area contributed by atoms with Crippen molar-refractivity contribution in [2.75, 3.05) is 17.8 Å². The molecule has 30 heavy (non-hydrogen) atoms. The highest BCUT2D eigenvalue weighted by Crippen LogP contribution is 2.44. The molecule has 2 unspecified atom stereocenters. The number of amides is 1. The number of ether oxygens (including phenoxy) is 1. The third-order valence-corrected chi connectivity index (χ3v) is 7.35. The zero-order chi connectivity index (χ0) is 20.9. The van der Waals surface area contributed by atoms with Gasteiger partial charge in [0.15, 0.2) is 0 Å². The molecule has 1 N–H and O–H groups in total. The fourth-order valence-electron chi connectivity index (χ4n) is 4.40. The Morgan fingerprint density at radius 1 is 1.07 bits per heavy atom. The van der Waals surface area contributed by atoms with Crippen molar-refractivity contribution >= 4 is 32.4 Å². The summed E-state index contributed by atoms with van der Waals surface area (Å²) in [5, 5.41) is 1.87. The Balaban J connectivity index is 1.40. The molecule has 2 aliphatic heterocycles. The van der Waals surface area contributed by atoms with Crippen molar-refractivity contribution in [3.8, 4) is 5.75 Å². The van der Waals surface area contributed by atoms with Crippen molar-refractivity contribution in [2.24, 2.45) is 0 Å². The topological polar surface area (TPSA) is 75.7 Å². The van der Waals surface area contributed by atoms with Gasteiger partial charge in [-0.2, -0.15) is 0 Å². The van der Waals surface area contributed by atoms with Gasteiger partial charge in [-0.25, -0.2) is 8.42 Å². The van der Waals surface area contributed by atoms with Crippen molar-refractivity contribution in [2.45, 2.75) is 30.3 Å². The summed E-state index contributed by atoms with van der Waals surface area (Å²) in [7, 11) is -3.72. The third-order valence-electron chi connectivity index (χ3n) is 5.98. The summed E-state index contributed by atoms with van der Waals surface area (Å²) in [5.74, 6) is 0.988. The molecule has 1 saturated heterocycles. The summed E-state index contributed by atoms with van der Waals surface area (Å²) >= 11 is 0.